The summed E-state index contributed by atoms with van der Waals surface area (Å²) in [6.45, 7) is 6.22. The summed E-state index contributed by atoms with van der Waals surface area (Å²) in [6.07, 6.45) is 0.396. The molecule has 0 saturated carbocycles. The molecule has 0 aliphatic heterocycles. The zero-order valence-corrected chi connectivity index (χ0v) is 10.3. The third kappa shape index (κ3) is 9.45. The van der Waals surface area contributed by atoms with Crippen LogP contribution in [0, 0.1) is 5.92 Å². The van der Waals surface area contributed by atoms with Crippen molar-refractivity contribution >= 4 is 11.9 Å². The number of aliphatic hydroxyl groups is 1. The number of hydrogen-bond acceptors (Lipinski definition) is 5. The van der Waals surface area contributed by atoms with Gasteiger partial charge in [-0.3, -0.25) is 9.59 Å². The fraction of sp³-hybridized carbons (Fsp3) is 0.818. The lowest BCUT2D eigenvalue weighted by atomic mass is 9.95. The maximum Gasteiger partial charge on any atom is 0.302 e. The molecule has 0 atom stereocenters. The second-order valence-electron chi connectivity index (χ2n) is 4.49. The number of carbonyl (C=O) groups excluding carboxylic acids is 2. The van der Waals surface area contributed by atoms with E-state index in [1.54, 1.807) is 13.8 Å². The Kier molecular flexibility index (Phi) is 6.03. The Hall–Kier alpha value is -1.10. The first-order valence-electron chi connectivity index (χ1n) is 5.20. The van der Waals surface area contributed by atoms with Crippen LogP contribution in [0.4, 0.5) is 0 Å². The van der Waals surface area contributed by atoms with Gasteiger partial charge < -0.3 is 14.6 Å². The molecule has 0 aromatic rings. The van der Waals surface area contributed by atoms with E-state index in [9.17, 15) is 14.7 Å². The molecule has 0 aliphatic carbocycles. The summed E-state index contributed by atoms with van der Waals surface area (Å²) >= 11 is 0. The summed E-state index contributed by atoms with van der Waals surface area (Å²) in [5.41, 5.74) is -0.884. The third-order valence-corrected chi connectivity index (χ3v) is 1.83. The first-order valence-corrected chi connectivity index (χ1v) is 5.20. The van der Waals surface area contributed by atoms with Crippen LogP contribution in [0.2, 0.25) is 0 Å². The van der Waals surface area contributed by atoms with Crippen molar-refractivity contribution in [2.75, 3.05) is 13.2 Å². The van der Waals surface area contributed by atoms with Gasteiger partial charge in [-0.25, -0.2) is 0 Å². The third-order valence-electron chi connectivity index (χ3n) is 1.83. The summed E-state index contributed by atoms with van der Waals surface area (Å²) in [6, 6.07) is 0. The van der Waals surface area contributed by atoms with Gasteiger partial charge in [0.05, 0.1) is 18.8 Å². The molecule has 0 amide bonds. The van der Waals surface area contributed by atoms with E-state index in [1.807, 2.05) is 0 Å². The molecule has 0 unspecified atom stereocenters. The molecule has 1 N–H and O–H groups in total. The minimum Gasteiger partial charge on any atom is -0.465 e. The minimum atomic E-state index is -0.884. The van der Waals surface area contributed by atoms with E-state index in [4.69, 9.17) is 9.47 Å². The Balaban J connectivity index is 4.15. The molecule has 5 nitrogen and oxygen atoms in total. The highest BCUT2D eigenvalue weighted by Gasteiger charge is 2.22. The average Bonchev–Trinajstić information content (AvgIpc) is 2.07. The number of esters is 2. The second kappa shape index (κ2) is 6.48. The van der Waals surface area contributed by atoms with Gasteiger partial charge in [0.2, 0.25) is 0 Å². The van der Waals surface area contributed by atoms with Crippen molar-refractivity contribution in [3.05, 3.63) is 0 Å². The standard InChI is InChI=1S/C11H20O5/c1-8(12)15-6-10(5-11(3,4)14)7-16-9(2)13/h10,14H,5-7H2,1-4H3. The van der Waals surface area contributed by atoms with Gasteiger partial charge in [0.1, 0.15) is 0 Å². The minimum absolute atomic E-state index is 0.145. The first kappa shape index (κ1) is 14.9. The van der Waals surface area contributed by atoms with Crippen molar-refractivity contribution in [3.8, 4) is 0 Å². The van der Waals surface area contributed by atoms with Crippen molar-refractivity contribution in [2.24, 2.45) is 5.92 Å². The SMILES string of the molecule is CC(=O)OCC(COC(C)=O)CC(C)(C)O. The van der Waals surface area contributed by atoms with Crippen molar-refractivity contribution in [1.82, 2.24) is 0 Å². The molecular formula is C11H20O5. The van der Waals surface area contributed by atoms with Gasteiger partial charge in [0, 0.05) is 19.8 Å². The lowest BCUT2D eigenvalue weighted by Gasteiger charge is -2.24. The van der Waals surface area contributed by atoms with Crippen LogP contribution in [-0.2, 0) is 19.1 Å². The molecule has 0 aromatic carbocycles. The summed E-state index contributed by atoms with van der Waals surface area (Å²) < 4.78 is 9.68. The normalized spacial score (nSPS) is 11.4. The van der Waals surface area contributed by atoms with E-state index in [0.717, 1.165) is 0 Å². The molecule has 16 heavy (non-hydrogen) atoms. The molecule has 0 radical (unpaired) electrons. The zero-order valence-electron chi connectivity index (χ0n) is 10.3. The van der Waals surface area contributed by atoms with Gasteiger partial charge >= 0.3 is 11.9 Å². The molecule has 0 bridgehead atoms. The Morgan fingerprint density at radius 1 is 1.12 bits per heavy atom. The maximum atomic E-state index is 10.7. The predicted octanol–water partition coefficient (Wildman–Crippen LogP) is 0.890. The van der Waals surface area contributed by atoms with Crippen molar-refractivity contribution < 1.29 is 24.2 Å². The van der Waals surface area contributed by atoms with Crippen LogP contribution in [0.25, 0.3) is 0 Å². The van der Waals surface area contributed by atoms with E-state index in [1.165, 1.54) is 13.8 Å². The number of rotatable bonds is 6. The summed E-state index contributed by atoms with van der Waals surface area (Å²) in [5.74, 6) is -0.958. The Labute approximate surface area is 95.7 Å². The average molecular weight is 232 g/mol. The van der Waals surface area contributed by atoms with Crippen LogP contribution < -0.4 is 0 Å². The quantitative estimate of drug-likeness (QED) is 0.688. The largest absolute Gasteiger partial charge is 0.465 e. The van der Waals surface area contributed by atoms with Gasteiger partial charge in [-0.1, -0.05) is 0 Å². The van der Waals surface area contributed by atoms with Crippen LogP contribution in [0.1, 0.15) is 34.1 Å². The van der Waals surface area contributed by atoms with E-state index >= 15 is 0 Å². The smallest absolute Gasteiger partial charge is 0.302 e. The summed E-state index contributed by atoms with van der Waals surface area (Å²) in [7, 11) is 0. The van der Waals surface area contributed by atoms with Crippen LogP contribution in [0.5, 0.6) is 0 Å². The molecule has 94 valence electrons. The second-order valence-corrected chi connectivity index (χ2v) is 4.49. The fourth-order valence-electron chi connectivity index (χ4n) is 1.34. The van der Waals surface area contributed by atoms with Gasteiger partial charge in [0.25, 0.3) is 0 Å². The van der Waals surface area contributed by atoms with Gasteiger partial charge in [-0.05, 0) is 20.3 Å². The lowest BCUT2D eigenvalue weighted by Crippen LogP contribution is -2.29. The predicted molar refractivity (Wildman–Crippen MR) is 57.7 cm³/mol. The highest BCUT2D eigenvalue weighted by Crippen LogP contribution is 2.17. The molecular weight excluding hydrogens is 212 g/mol. The van der Waals surface area contributed by atoms with Crippen molar-refractivity contribution in [3.63, 3.8) is 0 Å². The van der Waals surface area contributed by atoms with Crippen LogP contribution in [-0.4, -0.2) is 35.9 Å². The maximum absolute atomic E-state index is 10.7. The fourth-order valence-corrected chi connectivity index (χ4v) is 1.34. The van der Waals surface area contributed by atoms with E-state index in [2.05, 4.69) is 0 Å². The van der Waals surface area contributed by atoms with Gasteiger partial charge in [-0.15, -0.1) is 0 Å². The summed E-state index contributed by atoms with van der Waals surface area (Å²) in [5, 5.41) is 9.64. The van der Waals surface area contributed by atoms with Gasteiger partial charge in [-0.2, -0.15) is 0 Å². The first-order chi connectivity index (χ1) is 7.20. The molecule has 0 aromatic heterocycles. The van der Waals surface area contributed by atoms with Gasteiger partial charge in [0.15, 0.2) is 0 Å². The van der Waals surface area contributed by atoms with Crippen LogP contribution in [0.3, 0.4) is 0 Å². The number of ether oxygens (including phenoxy) is 2. The topological polar surface area (TPSA) is 72.8 Å². The van der Waals surface area contributed by atoms with E-state index in [-0.39, 0.29) is 31.1 Å². The molecule has 5 heteroatoms. The Bertz CT molecular complexity index is 223. The monoisotopic (exact) mass is 232 g/mol. The molecule has 0 heterocycles. The van der Waals surface area contributed by atoms with Crippen LogP contribution in [0.15, 0.2) is 0 Å². The van der Waals surface area contributed by atoms with Crippen LogP contribution >= 0.6 is 0 Å². The highest BCUT2D eigenvalue weighted by atomic mass is 16.5. The highest BCUT2D eigenvalue weighted by molar-refractivity contribution is 5.66. The lowest BCUT2D eigenvalue weighted by molar-refractivity contribution is -0.147. The Morgan fingerprint density at radius 2 is 1.50 bits per heavy atom. The van der Waals surface area contributed by atoms with E-state index < -0.39 is 5.60 Å². The number of hydrogen-bond donors (Lipinski definition) is 1. The zero-order chi connectivity index (χ0) is 12.8. The molecule has 0 aliphatic rings. The molecule has 0 fully saturated rings. The van der Waals surface area contributed by atoms with Crippen molar-refractivity contribution in [1.29, 1.82) is 0 Å². The van der Waals surface area contributed by atoms with Crippen molar-refractivity contribution in [2.45, 2.75) is 39.7 Å². The molecule has 0 rings (SSSR count). The Morgan fingerprint density at radius 3 is 1.75 bits per heavy atom. The molecule has 0 saturated heterocycles. The number of carbonyl (C=O) groups is 2. The molecule has 0 spiro atoms. The van der Waals surface area contributed by atoms with E-state index in [0.29, 0.717) is 6.42 Å². The summed E-state index contributed by atoms with van der Waals surface area (Å²) in [4.78, 5) is 21.3.